The third kappa shape index (κ3) is 2.84. The summed E-state index contributed by atoms with van der Waals surface area (Å²) < 4.78 is 13.9. The number of aromatic amines is 1. The molecule has 0 saturated carbocycles. The van der Waals surface area contributed by atoms with Crippen LogP contribution in [-0.4, -0.2) is 9.97 Å². The summed E-state index contributed by atoms with van der Waals surface area (Å²) in [6, 6.07) is 3.66. The van der Waals surface area contributed by atoms with Crippen LogP contribution < -0.4 is 5.69 Å². The summed E-state index contributed by atoms with van der Waals surface area (Å²) in [5.74, 6) is 0.0427. The molecule has 0 atom stereocenters. The lowest BCUT2D eigenvalue weighted by Gasteiger charge is -1.99. The molecule has 1 N–H and O–H groups in total. The lowest BCUT2D eigenvalue weighted by atomic mass is 10.5. The van der Waals surface area contributed by atoms with Crippen molar-refractivity contribution in [2.45, 2.75) is 10.8 Å². The lowest BCUT2D eigenvalue weighted by molar-refractivity contribution is 0.574. The van der Waals surface area contributed by atoms with E-state index in [4.69, 9.17) is 11.6 Å². The van der Waals surface area contributed by atoms with Crippen LogP contribution >= 0.6 is 34.7 Å². The Hall–Kier alpha value is -0.850. The highest BCUT2D eigenvalue weighted by atomic mass is 35.5. The van der Waals surface area contributed by atoms with Gasteiger partial charge in [-0.1, -0.05) is 23.4 Å². The molecule has 84 valence electrons. The standard InChI is InChI=1S/C9H6ClFN2OS2/c10-7-2-1-5(16-7)4-15-8-6(11)3-12-9(14)13-8/h1-3H,4H2,(H,12,13,14). The number of hydrogen-bond acceptors (Lipinski definition) is 4. The molecule has 2 rings (SSSR count). The smallest absolute Gasteiger partial charge is 0.298 e. The van der Waals surface area contributed by atoms with Gasteiger partial charge in [-0.3, -0.25) is 4.98 Å². The molecule has 2 aromatic heterocycles. The molecule has 0 aliphatic carbocycles. The van der Waals surface area contributed by atoms with E-state index in [0.29, 0.717) is 10.1 Å². The molecule has 7 heteroatoms. The second-order valence-corrected chi connectivity index (χ2v) is 5.65. The van der Waals surface area contributed by atoms with Crippen molar-refractivity contribution in [1.29, 1.82) is 0 Å². The van der Waals surface area contributed by atoms with Crippen LogP contribution in [0.5, 0.6) is 0 Å². The maximum Gasteiger partial charge on any atom is 0.345 e. The topological polar surface area (TPSA) is 45.8 Å². The molecule has 0 spiro atoms. The molecule has 16 heavy (non-hydrogen) atoms. The van der Waals surface area contributed by atoms with Crippen LogP contribution in [0.1, 0.15) is 4.88 Å². The van der Waals surface area contributed by atoms with Gasteiger partial charge in [0.25, 0.3) is 0 Å². The van der Waals surface area contributed by atoms with Crippen molar-refractivity contribution in [2.75, 3.05) is 0 Å². The number of H-pyrrole nitrogens is 1. The average molecular weight is 277 g/mol. The Morgan fingerprint density at radius 3 is 3.06 bits per heavy atom. The number of hydrogen-bond donors (Lipinski definition) is 1. The van der Waals surface area contributed by atoms with E-state index in [1.807, 2.05) is 6.07 Å². The molecule has 0 aliphatic rings. The largest absolute Gasteiger partial charge is 0.345 e. The van der Waals surface area contributed by atoms with E-state index in [1.54, 1.807) is 6.07 Å². The molecule has 0 unspecified atom stereocenters. The van der Waals surface area contributed by atoms with Crippen LogP contribution in [-0.2, 0) is 5.75 Å². The molecule has 0 aromatic carbocycles. The molecule has 0 amide bonds. The van der Waals surface area contributed by atoms with Gasteiger partial charge in [-0.15, -0.1) is 11.3 Å². The highest BCUT2D eigenvalue weighted by molar-refractivity contribution is 7.98. The van der Waals surface area contributed by atoms with Gasteiger partial charge in [0.15, 0.2) is 5.82 Å². The van der Waals surface area contributed by atoms with Crippen LogP contribution in [0.2, 0.25) is 4.34 Å². The monoisotopic (exact) mass is 276 g/mol. The highest BCUT2D eigenvalue weighted by Gasteiger charge is 2.06. The van der Waals surface area contributed by atoms with Gasteiger partial charge in [-0.2, -0.15) is 4.98 Å². The number of halogens is 2. The minimum Gasteiger partial charge on any atom is -0.298 e. The van der Waals surface area contributed by atoms with Crippen molar-refractivity contribution in [3.63, 3.8) is 0 Å². The predicted octanol–water partition coefficient (Wildman–Crippen LogP) is 2.92. The number of nitrogens with one attached hydrogen (secondary N) is 1. The van der Waals surface area contributed by atoms with Gasteiger partial charge in [0.1, 0.15) is 5.03 Å². The van der Waals surface area contributed by atoms with Crippen molar-refractivity contribution in [1.82, 2.24) is 9.97 Å². The van der Waals surface area contributed by atoms with Gasteiger partial charge in [0, 0.05) is 10.6 Å². The molecule has 0 fully saturated rings. The normalized spacial score (nSPS) is 10.6. The first kappa shape index (κ1) is 11.6. The number of rotatable bonds is 3. The minimum absolute atomic E-state index is 0.199. The van der Waals surface area contributed by atoms with Crippen LogP contribution in [0.4, 0.5) is 4.39 Å². The van der Waals surface area contributed by atoms with Crippen LogP contribution in [0.25, 0.3) is 0 Å². The van der Waals surface area contributed by atoms with Crippen LogP contribution in [0, 0.1) is 5.82 Å². The Balaban J connectivity index is 2.10. The Morgan fingerprint density at radius 2 is 2.38 bits per heavy atom. The summed E-state index contributed by atoms with van der Waals surface area (Å²) in [4.78, 5) is 17.5. The first-order valence-corrected chi connectivity index (χ1v) is 6.45. The molecule has 2 aromatic rings. The van der Waals surface area contributed by atoms with E-state index in [9.17, 15) is 9.18 Å². The number of aromatic nitrogens is 2. The summed E-state index contributed by atoms with van der Waals surface area (Å²) in [6.45, 7) is 0. The Morgan fingerprint density at radius 1 is 1.56 bits per heavy atom. The first-order chi connectivity index (χ1) is 7.65. The second kappa shape index (κ2) is 4.99. The van der Waals surface area contributed by atoms with Gasteiger partial charge in [-0.25, -0.2) is 9.18 Å². The van der Waals surface area contributed by atoms with Gasteiger partial charge >= 0.3 is 5.69 Å². The van der Waals surface area contributed by atoms with Crippen molar-refractivity contribution in [3.8, 4) is 0 Å². The number of nitrogens with zero attached hydrogens (tertiary/aromatic N) is 1. The number of thioether (sulfide) groups is 1. The maximum absolute atomic E-state index is 13.2. The zero-order chi connectivity index (χ0) is 11.5. The van der Waals surface area contributed by atoms with Gasteiger partial charge < -0.3 is 0 Å². The zero-order valence-corrected chi connectivity index (χ0v) is 10.3. The Bertz CT molecular complexity index is 554. The third-order valence-corrected chi connectivity index (χ3v) is 4.18. The van der Waals surface area contributed by atoms with E-state index in [-0.39, 0.29) is 5.03 Å². The fraction of sp³-hybridized carbons (Fsp3) is 0.111. The quantitative estimate of drug-likeness (QED) is 0.693. The molecule has 3 nitrogen and oxygen atoms in total. The van der Waals surface area contributed by atoms with Gasteiger partial charge in [-0.05, 0) is 12.1 Å². The van der Waals surface area contributed by atoms with E-state index in [2.05, 4.69) is 9.97 Å². The third-order valence-electron chi connectivity index (χ3n) is 1.72. The molecule has 0 radical (unpaired) electrons. The fourth-order valence-corrected chi connectivity index (χ4v) is 3.07. The maximum atomic E-state index is 13.2. The SMILES string of the molecule is O=c1ncc(F)c(SCc2ccc(Cl)s2)[nH]1. The van der Waals surface area contributed by atoms with Crippen LogP contribution in [0.3, 0.4) is 0 Å². The summed E-state index contributed by atoms with van der Waals surface area (Å²) in [6.07, 6.45) is 0.919. The van der Waals surface area contributed by atoms with E-state index in [0.717, 1.165) is 11.1 Å². The Labute approximate surface area is 104 Å². The minimum atomic E-state index is -0.548. The van der Waals surface area contributed by atoms with E-state index >= 15 is 0 Å². The van der Waals surface area contributed by atoms with Crippen LogP contribution in [0.15, 0.2) is 28.2 Å². The lowest BCUT2D eigenvalue weighted by Crippen LogP contribution is -2.11. The molecular formula is C9H6ClFN2OS2. The molecular weight excluding hydrogens is 271 g/mol. The second-order valence-electron chi connectivity index (χ2n) is 2.86. The average Bonchev–Trinajstić information content (AvgIpc) is 2.66. The highest BCUT2D eigenvalue weighted by Crippen LogP contribution is 2.28. The first-order valence-electron chi connectivity index (χ1n) is 4.27. The molecule has 0 bridgehead atoms. The summed E-state index contributed by atoms with van der Waals surface area (Å²) in [5.41, 5.74) is -0.548. The fourth-order valence-electron chi connectivity index (χ4n) is 1.04. The van der Waals surface area contributed by atoms with Gasteiger partial charge in [0.05, 0.1) is 10.5 Å². The molecule has 0 saturated heterocycles. The molecule has 2 heterocycles. The van der Waals surface area contributed by atoms with Crippen molar-refractivity contribution < 1.29 is 4.39 Å². The zero-order valence-electron chi connectivity index (χ0n) is 7.87. The van der Waals surface area contributed by atoms with Gasteiger partial charge in [0.2, 0.25) is 0 Å². The Kier molecular flexibility index (Phi) is 3.63. The van der Waals surface area contributed by atoms with Crippen molar-refractivity contribution >= 4 is 34.7 Å². The van der Waals surface area contributed by atoms with E-state index in [1.165, 1.54) is 23.1 Å². The summed E-state index contributed by atoms with van der Waals surface area (Å²) in [7, 11) is 0. The summed E-state index contributed by atoms with van der Waals surface area (Å²) >= 11 is 8.41. The van der Waals surface area contributed by atoms with Crippen molar-refractivity contribution in [3.05, 3.63) is 43.8 Å². The summed E-state index contributed by atoms with van der Waals surface area (Å²) in [5, 5.41) is 0.199. The van der Waals surface area contributed by atoms with Crippen molar-refractivity contribution in [2.24, 2.45) is 0 Å². The van der Waals surface area contributed by atoms with E-state index < -0.39 is 11.5 Å². The predicted molar refractivity (Wildman–Crippen MR) is 63.7 cm³/mol. The number of thiophene rings is 1. The molecule has 0 aliphatic heterocycles.